The van der Waals surface area contributed by atoms with Crippen molar-refractivity contribution >= 4 is 18.0 Å². The molecular formula is C18H18F3N3O2S. The Morgan fingerprint density at radius 3 is 2.70 bits per heavy atom. The molecule has 1 aromatic carbocycles. The standard InChI is InChI=1S/C18H18F3N3O2S/c1-12(13-5-3-2-4-6-13)10-17(26,18(19,20)21)16(25)23-14-7-8-24-15(9-14)11-22-27-24/h2-9,11-12,22,26H,10H2,1H3,(H,23,25). The Morgan fingerprint density at radius 2 is 2.04 bits per heavy atom. The number of fused-ring (bicyclic) bond motifs is 1. The van der Waals surface area contributed by atoms with Crippen LogP contribution >= 0.6 is 12.1 Å². The SMILES string of the molecule is CC(CC(O)(C(=O)NC1=CC2=CNSN2C=C1)C(F)(F)F)c1ccccc1. The van der Waals surface area contributed by atoms with Crippen LogP contribution in [-0.2, 0) is 4.79 Å². The molecule has 0 saturated carbocycles. The highest BCUT2D eigenvalue weighted by atomic mass is 32.2. The quantitative estimate of drug-likeness (QED) is 0.666. The molecule has 0 aliphatic carbocycles. The topological polar surface area (TPSA) is 64.6 Å². The lowest BCUT2D eigenvalue weighted by Crippen LogP contribution is -2.57. The first-order valence-corrected chi connectivity index (χ1v) is 8.95. The first-order valence-electron chi connectivity index (χ1n) is 8.18. The highest BCUT2D eigenvalue weighted by molar-refractivity contribution is 7.95. The Bertz CT molecular complexity index is 808. The number of amides is 1. The summed E-state index contributed by atoms with van der Waals surface area (Å²) in [7, 11) is 0. The second-order valence-corrected chi connectivity index (χ2v) is 7.16. The van der Waals surface area contributed by atoms with Gasteiger partial charge in [-0.2, -0.15) is 13.2 Å². The van der Waals surface area contributed by atoms with E-state index in [9.17, 15) is 23.1 Å². The van der Waals surface area contributed by atoms with Crippen LogP contribution in [0.25, 0.3) is 0 Å². The van der Waals surface area contributed by atoms with Gasteiger partial charge in [-0.3, -0.25) is 9.10 Å². The smallest absolute Gasteiger partial charge is 0.373 e. The maximum atomic E-state index is 13.6. The lowest BCUT2D eigenvalue weighted by atomic mass is 9.85. The number of alkyl halides is 3. The molecule has 0 radical (unpaired) electrons. The molecule has 0 saturated heterocycles. The predicted octanol–water partition coefficient (Wildman–Crippen LogP) is 3.31. The van der Waals surface area contributed by atoms with Crippen molar-refractivity contribution in [3.05, 3.63) is 71.8 Å². The van der Waals surface area contributed by atoms with Gasteiger partial charge in [0, 0.05) is 24.5 Å². The molecule has 0 spiro atoms. The number of rotatable bonds is 5. The van der Waals surface area contributed by atoms with E-state index in [0.29, 0.717) is 11.3 Å². The Labute approximate surface area is 158 Å². The third-order valence-corrected chi connectivity index (χ3v) is 5.13. The average molecular weight is 397 g/mol. The van der Waals surface area contributed by atoms with Crippen LogP contribution in [0.2, 0.25) is 0 Å². The summed E-state index contributed by atoms with van der Waals surface area (Å²) in [6.45, 7) is 1.54. The van der Waals surface area contributed by atoms with Gasteiger partial charge in [0.25, 0.3) is 5.91 Å². The van der Waals surface area contributed by atoms with Crippen molar-refractivity contribution in [2.24, 2.45) is 0 Å². The summed E-state index contributed by atoms with van der Waals surface area (Å²) in [6, 6.07) is 8.47. The van der Waals surface area contributed by atoms with Crippen LogP contribution in [0.1, 0.15) is 24.8 Å². The predicted molar refractivity (Wildman–Crippen MR) is 96.5 cm³/mol. The molecule has 27 heavy (non-hydrogen) atoms. The van der Waals surface area contributed by atoms with Gasteiger partial charge in [0.2, 0.25) is 5.60 Å². The number of allylic oxidation sites excluding steroid dienone is 2. The molecule has 2 aliphatic heterocycles. The lowest BCUT2D eigenvalue weighted by Gasteiger charge is -2.32. The molecule has 0 bridgehead atoms. The molecule has 144 valence electrons. The number of hydrogen-bond acceptors (Lipinski definition) is 5. The lowest BCUT2D eigenvalue weighted by molar-refractivity contribution is -0.254. The van der Waals surface area contributed by atoms with Crippen LogP contribution < -0.4 is 10.0 Å². The molecule has 0 fully saturated rings. The highest BCUT2D eigenvalue weighted by Gasteiger charge is 2.59. The third-order valence-electron chi connectivity index (χ3n) is 4.38. The van der Waals surface area contributed by atoms with Crippen LogP contribution in [0.3, 0.4) is 0 Å². The summed E-state index contributed by atoms with van der Waals surface area (Å²) < 4.78 is 45.5. The van der Waals surface area contributed by atoms with E-state index >= 15 is 0 Å². The molecule has 3 rings (SSSR count). The molecule has 0 aromatic heterocycles. The van der Waals surface area contributed by atoms with E-state index < -0.39 is 30.0 Å². The van der Waals surface area contributed by atoms with Crippen LogP contribution in [0.5, 0.6) is 0 Å². The molecule has 2 unspecified atom stereocenters. The molecule has 5 nitrogen and oxygen atoms in total. The molecule has 2 heterocycles. The minimum Gasteiger partial charge on any atom is -0.373 e. The van der Waals surface area contributed by atoms with Gasteiger partial charge >= 0.3 is 6.18 Å². The average Bonchev–Trinajstić information content (AvgIpc) is 3.09. The number of carbonyl (C=O) groups excluding carboxylic acids is 1. The summed E-state index contributed by atoms with van der Waals surface area (Å²) in [6.07, 6.45) is 0.332. The van der Waals surface area contributed by atoms with Gasteiger partial charge in [0.1, 0.15) is 0 Å². The maximum Gasteiger partial charge on any atom is 0.426 e. The van der Waals surface area contributed by atoms with Crippen LogP contribution in [0, 0.1) is 0 Å². The van der Waals surface area contributed by atoms with Gasteiger partial charge in [-0.1, -0.05) is 37.3 Å². The highest BCUT2D eigenvalue weighted by Crippen LogP contribution is 2.39. The van der Waals surface area contributed by atoms with E-state index in [0.717, 1.165) is 0 Å². The van der Waals surface area contributed by atoms with E-state index in [2.05, 4.69) is 10.0 Å². The fourth-order valence-corrected chi connectivity index (χ4v) is 3.45. The number of nitrogens with one attached hydrogen (secondary N) is 2. The van der Waals surface area contributed by atoms with Crippen molar-refractivity contribution in [3.63, 3.8) is 0 Å². The van der Waals surface area contributed by atoms with Gasteiger partial charge in [-0.25, -0.2) is 0 Å². The second-order valence-electron chi connectivity index (χ2n) is 6.35. The third kappa shape index (κ3) is 3.98. The normalized spacial score (nSPS) is 19.4. The van der Waals surface area contributed by atoms with Gasteiger partial charge in [-0.05, 0) is 23.6 Å². The van der Waals surface area contributed by atoms with E-state index in [1.165, 1.54) is 24.3 Å². The van der Waals surface area contributed by atoms with Crippen LogP contribution in [0.4, 0.5) is 13.2 Å². The largest absolute Gasteiger partial charge is 0.426 e. The van der Waals surface area contributed by atoms with Crippen LogP contribution in [0.15, 0.2) is 66.3 Å². The van der Waals surface area contributed by atoms with Crippen molar-refractivity contribution in [1.29, 1.82) is 0 Å². The Kier molecular flexibility index (Phi) is 5.25. The summed E-state index contributed by atoms with van der Waals surface area (Å²) in [5.41, 5.74) is -2.06. The van der Waals surface area contributed by atoms with Gasteiger partial charge in [0.05, 0.1) is 17.8 Å². The van der Waals surface area contributed by atoms with E-state index in [-0.39, 0.29) is 5.70 Å². The zero-order valence-electron chi connectivity index (χ0n) is 14.3. The summed E-state index contributed by atoms with van der Waals surface area (Å²) in [4.78, 5) is 12.4. The fourth-order valence-electron chi connectivity index (χ4n) is 2.83. The monoisotopic (exact) mass is 397 g/mol. The Hall–Kier alpha value is -2.39. The van der Waals surface area contributed by atoms with Crippen molar-refractivity contribution in [3.8, 4) is 0 Å². The second kappa shape index (κ2) is 7.32. The number of hydrogen-bond donors (Lipinski definition) is 3. The number of benzene rings is 1. The first-order chi connectivity index (χ1) is 12.7. The molecule has 3 N–H and O–H groups in total. The van der Waals surface area contributed by atoms with E-state index in [1.54, 1.807) is 54.0 Å². The molecule has 2 atom stereocenters. The van der Waals surface area contributed by atoms with Gasteiger partial charge < -0.3 is 15.1 Å². The minimum atomic E-state index is -5.12. The first kappa shape index (κ1) is 19.4. The zero-order valence-corrected chi connectivity index (χ0v) is 15.1. The zero-order chi connectivity index (χ0) is 19.7. The van der Waals surface area contributed by atoms with Crippen molar-refractivity contribution in [2.45, 2.75) is 31.0 Å². The van der Waals surface area contributed by atoms with E-state index in [4.69, 9.17) is 0 Å². The number of aliphatic hydroxyl groups is 1. The summed E-state index contributed by atoms with van der Waals surface area (Å²) >= 11 is 1.28. The molecule has 1 aromatic rings. The van der Waals surface area contributed by atoms with Gasteiger partial charge in [0.15, 0.2) is 0 Å². The van der Waals surface area contributed by atoms with Crippen LogP contribution in [-0.4, -0.2) is 27.1 Å². The molecule has 2 aliphatic rings. The number of halogens is 3. The molecule has 9 heteroatoms. The summed E-state index contributed by atoms with van der Waals surface area (Å²) in [5.74, 6) is -2.17. The fraction of sp³-hybridized carbons (Fsp3) is 0.278. The Balaban J connectivity index is 1.79. The van der Waals surface area contributed by atoms with Crippen molar-refractivity contribution < 1.29 is 23.1 Å². The number of nitrogens with zero attached hydrogens (tertiary/aromatic N) is 1. The van der Waals surface area contributed by atoms with Crippen molar-refractivity contribution in [1.82, 2.24) is 14.3 Å². The maximum absolute atomic E-state index is 13.6. The van der Waals surface area contributed by atoms with E-state index in [1.807, 2.05) is 0 Å². The number of carbonyl (C=O) groups is 1. The molecular weight excluding hydrogens is 379 g/mol. The van der Waals surface area contributed by atoms with Crippen molar-refractivity contribution in [2.75, 3.05) is 0 Å². The van der Waals surface area contributed by atoms with Gasteiger partial charge in [-0.15, -0.1) is 0 Å². The molecule has 1 amide bonds. The minimum absolute atomic E-state index is 0.168. The Morgan fingerprint density at radius 1 is 1.33 bits per heavy atom. The summed E-state index contributed by atoms with van der Waals surface area (Å²) in [5, 5.41) is 12.5.